The molecule has 34 heavy (non-hydrogen) atoms. The van der Waals surface area contributed by atoms with Crippen molar-refractivity contribution in [3.05, 3.63) is 77.1 Å². The lowest BCUT2D eigenvalue weighted by molar-refractivity contribution is 0.414. The zero-order chi connectivity index (χ0) is 23.5. The molecule has 172 valence electrons. The summed E-state index contributed by atoms with van der Waals surface area (Å²) in [6.45, 7) is 1.15. The number of nitrogens with zero attached hydrogens (tertiary/aromatic N) is 6. The van der Waals surface area contributed by atoms with Crippen LogP contribution in [0.5, 0.6) is 5.75 Å². The zero-order valence-electron chi connectivity index (χ0n) is 18.6. The van der Waals surface area contributed by atoms with Gasteiger partial charge in [-0.3, -0.25) is 9.36 Å². The summed E-state index contributed by atoms with van der Waals surface area (Å²) in [6.07, 6.45) is 4.01. The number of para-hydroxylation sites is 1. The van der Waals surface area contributed by atoms with Crippen LogP contribution in [0.25, 0.3) is 22.1 Å². The van der Waals surface area contributed by atoms with Crippen molar-refractivity contribution < 1.29 is 4.74 Å². The van der Waals surface area contributed by atoms with Crippen LogP contribution >= 0.6 is 11.8 Å². The third-order valence-electron chi connectivity index (χ3n) is 5.53. The molecule has 3 heterocycles. The maximum Gasteiger partial charge on any atom is 0.262 e. The van der Waals surface area contributed by atoms with Crippen LogP contribution < -0.4 is 16.0 Å². The average molecular weight is 474 g/mol. The van der Waals surface area contributed by atoms with Crippen molar-refractivity contribution in [2.24, 2.45) is 0 Å². The van der Waals surface area contributed by atoms with E-state index < -0.39 is 0 Å². The van der Waals surface area contributed by atoms with E-state index in [2.05, 4.69) is 15.0 Å². The Morgan fingerprint density at radius 1 is 1.06 bits per heavy atom. The van der Waals surface area contributed by atoms with Gasteiger partial charge >= 0.3 is 0 Å². The Balaban J connectivity index is 1.37. The number of imidazole rings is 1. The van der Waals surface area contributed by atoms with Gasteiger partial charge in [0.15, 0.2) is 16.6 Å². The highest BCUT2D eigenvalue weighted by Gasteiger charge is 2.13. The molecule has 0 fully saturated rings. The molecule has 5 aromatic rings. The number of nitrogens with two attached hydrogens (primary N) is 1. The molecular formula is C24H23N7O2S. The predicted octanol–water partition coefficient (Wildman–Crippen LogP) is 3.36. The maximum absolute atomic E-state index is 13.3. The van der Waals surface area contributed by atoms with Gasteiger partial charge in [-0.15, -0.1) is 0 Å². The minimum absolute atomic E-state index is 0.0447. The van der Waals surface area contributed by atoms with Crippen LogP contribution in [0.4, 0.5) is 5.82 Å². The lowest BCUT2D eigenvalue weighted by Crippen LogP contribution is -2.24. The molecule has 0 saturated heterocycles. The number of nitrogen functional groups attached to an aromatic ring is 1. The molecule has 2 aromatic carbocycles. The molecular weight excluding hydrogens is 450 g/mol. The second kappa shape index (κ2) is 9.52. The fraction of sp³-hybridized carbons (Fsp3) is 0.208. The van der Waals surface area contributed by atoms with Crippen molar-refractivity contribution in [1.29, 1.82) is 0 Å². The number of aromatic nitrogens is 6. The highest BCUT2D eigenvalue weighted by atomic mass is 32.2. The van der Waals surface area contributed by atoms with E-state index in [1.807, 2.05) is 53.1 Å². The first-order valence-corrected chi connectivity index (χ1v) is 11.8. The van der Waals surface area contributed by atoms with Gasteiger partial charge in [-0.1, -0.05) is 36.0 Å². The van der Waals surface area contributed by atoms with Crippen LogP contribution in [-0.4, -0.2) is 41.9 Å². The molecule has 0 aliphatic heterocycles. The Kier molecular flexibility index (Phi) is 6.13. The Hall–Kier alpha value is -3.92. The third kappa shape index (κ3) is 4.32. The molecule has 3 aromatic heterocycles. The van der Waals surface area contributed by atoms with Crippen molar-refractivity contribution in [3.8, 4) is 5.75 Å². The summed E-state index contributed by atoms with van der Waals surface area (Å²) in [5.41, 5.74) is 8.87. The van der Waals surface area contributed by atoms with Crippen LogP contribution in [0, 0.1) is 0 Å². The van der Waals surface area contributed by atoms with Crippen molar-refractivity contribution in [2.45, 2.75) is 24.7 Å². The second-order valence-electron chi connectivity index (χ2n) is 7.72. The molecule has 0 atom stereocenters. The first-order valence-electron chi connectivity index (χ1n) is 10.8. The number of ether oxygens (including phenoxy) is 1. The Morgan fingerprint density at radius 3 is 2.71 bits per heavy atom. The minimum atomic E-state index is -0.0447. The lowest BCUT2D eigenvalue weighted by Gasteiger charge is -2.14. The average Bonchev–Trinajstić information content (AvgIpc) is 3.29. The molecule has 10 heteroatoms. The molecule has 0 unspecified atom stereocenters. The first-order chi connectivity index (χ1) is 16.6. The van der Waals surface area contributed by atoms with E-state index >= 15 is 0 Å². The Morgan fingerprint density at radius 2 is 1.88 bits per heavy atom. The van der Waals surface area contributed by atoms with Gasteiger partial charge in [-0.05, 0) is 36.2 Å². The van der Waals surface area contributed by atoms with E-state index in [9.17, 15) is 4.79 Å². The zero-order valence-corrected chi connectivity index (χ0v) is 19.4. The SMILES string of the molecule is COc1ccc(Cn2c(SCCCn3cnc4c(N)ncnc43)nc3ccccc3c2=O)cc1. The number of thioether (sulfide) groups is 1. The van der Waals surface area contributed by atoms with Gasteiger partial charge in [0.25, 0.3) is 5.56 Å². The van der Waals surface area contributed by atoms with Crippen molar-refractivity contribution in [1.82, 2.24) is 29.1 Å². The van der Waals surface area contributed by atoms with E-state index in [0.717, 1.165) is 35.7 Å². The van der Waals surface area contributed by atoms with Crippen molar-refractivity contribution in [3.63, 3.8) is 0 Å². The summed E-state index contributed by atoms with van der Waals surface area (Å²) < 4.78 is 8.96. The normalized spacial score (nSPS) is 11.3. The quantitative estimate of drug-likeness (QED) is 0.207. The summed E-state index contributed by atoms with van der Waals surface area (Å²) in [5.74, 6) is 1.93. The number of anilines is 1. The van der Waals surface area contributed by atoms with E-state index in [1.165, 1.54) is 6.33 Å². The smallest absolute Gasteiger partial charge is 0.262 e. The van der Waals surface area contributed by atoms with Crippen LogP contribution in [0.2, 0.25) is 0 Å². The van der Waals surface area contributed by atoms with Crippen LogP contribution in [0.3, 0.4) is 0 Å². The van der Waals surface area contributed by atoms with Crippen molar-refractivity contribution in [2.75, 3.05) is 18.6 Å². The molecule has 0 aliphatic carbocycles. The predicted molar refractivity (Wildman–Crippen MR) is 133 cm³/mol. The van der Waals surface area contributed by atoms with Crippen molar-refractivity contribution >= 4 is 39.6 Å². The monoisotopic (exact) mass is 473 g/mol. The number of hydrogen-bond acceptors (Lipinski definition) is 8. The highest BCUT2D eigenvalue weighted by Crippen LogP contribution is 2.21. The number of aryl methyl sites for hydroxylation is 1. The van der Waals surface area contributed by atoms with Crippen LogP contribution in [-0.2, 0) is 13.1 Å². The van der Waals surface area contributed by atoms with Gasteiger partial charge in [-0.25, -0.2) is 19.9 Å². The van der Waals surface area contributed by atoms with Crippen LogP contribution in [0.15, 0.2) is 71.1 Å². The van der Waals surface area contributed by atoms with E-state index in [0.29, 0.717) is 33.9 Å². The largest absolute Gasteiger partial charge is 0.497 e. The number of rotatable bonds is 8. The fourth-order valence-electron chi connectivity index (χ4n) is 3.77. The Labute approximate surface area is 199 Å². The van der Waals surface area contributed by atoms with Gasteiger partial charge in [-0.2, -0.15) is 0 Å². The molecule has 0 radical (unpaired) electrons. The Bertz CT molecular complexity index is 1510. The molecule has 5 rings (SSSR count). The molecule has 0 bridgehead atoms. The molecule has 9 nitrogen and oxygen atoms in total. The summed E-state index contributed by atoms with van der Waals surface area (Å²) >= 11 is 1.57. The first kappa shape index (κ1) is 21.9. The number of benzene rings is 2. The highest BCUT2D eigenvalue weighted by molar-refractivity contribution is 7.99. The third-order valence-corrected chi connectivity index (χ3v) is 6.59. The van der Waals surface area contributed by atoms with Gasteiger partial charge in [0.05, 0.1) is 30.9 Å². The van der Waals surface area contributed by atoms with E-state index in [1.54, 1.807) is 29.8 Å². The summed E-state index contributed by atoms with van der Waals surface area (Å²) in [6, 6.07) is 15.2. The number of fused-ring (bicyclic) bond motifs is 2. The fourth-order valence-corrected chi connectivity index (χ4v) is 4.69. The van der Waals surface area contributed by atoms with Gasteiger partial charge in [0.2, 0.25) is 0 Å². The summed E-state index contributed by atoms with van der Waals surface area (Å²) in [4.78, 5) is 30.7. The lowest BCUT2D eigenvalue weighted by atomic mass is 10.2. The molecule has 2 N–H and O–H groups in total. The van der Waals surface area contributed by atoms with E-state index in [-0.39, 0.29) is 5.56 Å². The van der Waals surface area contributed by atoms with Gasteiger partial charge in [0, 0.05) is 12.3 Å². The summed E-state index contributed by atoms with van der Waals surface area (Å²) in [5, 5.41) is 1.31. The molecule has 0 amide bonds. The molecule has 0 spiro atoms. The maximum atomic E-state index is 13.3. The standard InChI is InChI=1S/C24H23N7O2S/c1-33-17-9-7-16(8-10-17)13-31-23(32)18-5-2-3-6-19(18)29-24(31)34-12-4-11-30-15-28-20-21(25)26-14-27-22(20)30/h2-3,5-10,14-15H,4,11-13H2,1H3,(H2,25,26,27). The molecule has 0 aliphatic rings. The summed E-state index contributed by atoms with van der Waals surface area (Å²) in [7, 11) is 1.63. The number of methoxy groups -OCH3 is 1. The van der Waals surface area contributed by atoms with Gasteiger partial charge < -0.3 is 15.0 Å². The van der Waals surface area contributed by atoms with Crippen LogP contribution in [0.1, 0.15) is 12.0 Å². The van der Waals surface area contributed by atoms with E-state index in [4.69, 9.17) is 15.5 Å². The number of hydrogen-bond donors (Lipinski definition) is 1. The minimum Gasteiger partial charge on any atom is -0.497 e. The molecule has 0 saturated carbocycles. The second-order valence-corrected chi connectivity index (χ2v) is 8.78. The topological polar surface area (TPSA) is 114 Å². The van der Waals surface area contributed by atoms with Gasteiger partial charge in [0.1, 0.15) is 17.6 Å².